The summed E-state index contributed by atoms with van der Waals surface area (Å²) in [6.45, 7) is 5.76. The number of hydrogen-bond acceptors (Lipinski definition) is 1. The van der Waals surface area contributed by atoms with Crippen LogP contribution >= 0.6 is 7.59 Å². The highest BCUT2D eigenvalue weighted by molar-refractivity contribution is 7.61. The first kappa shape index (κ1) is 18.2. The Morgan fingerprint density at radius 2 is 1.67 bits per heavy atom. The van der Waals surface area contributed by atoms with E-state index in [0.717, 1.165) is 50.8 Å². The summed E-state index contributed by atoms with van der Waals surface area (Å²) >= 11 is 0. The second-order valence-electron chi connectivity index (χ2n) is 5.40. The molecule has 5 heteroatoms. The normalized spacial score (nSPS) is 13.9. The second-order valence-corrected chi connectivity index (χ2v) is 7.45. The number of unbranched alkanes of at least 4 members (excludes halogenated alkanes) is 4. The molecule has 0 aliphatic heterocycles. The smallest absolute Gasteiger partial charge is 0.300 e. The molecule has 0 spiro atoms. The van der Waals surface area contributed by atoms with Crippen molar-refractivity contribution in [2.24, 2.45) is 5.50 Å². The van der Waals surface area contributed by atoms with Gasteiger partial charge in [0, 0.05) is 18.8 Å². The summed E-state index contributed by atoms with van der Waals surface area (Å²) in [5.74, 6) is 0. The molecule has 0 fully saturated rings. The van der Waals surface area contributed by atoms with E-state index in [1.165, 1.54) is 0 Å². The Hall–Kier alpha value is -0.830. The molecule has 0 heterocycles. The van der Waals surface area contributed by atoms with Crippen molar-refractivity contribution in [2.75, 3.05) is 17.8 Å². The van der Waals surface area contributed by atoms with Gasteiger partial charge < -0.3 is 0 Å². The van der Waals surface area contributed by atoms with Crippen molar-refractivity contribution in [1.29, 1.82) is 0 Å². The summed E-state index contributed by atoms with van der Waals surface area (Å²) in [7, 11) is -3.02. The van der Waals surface area contributed by atoms with Crippen LogP contribution in [0.2, 0.25) is 0 Å². The molecule has 21 heavy (non-hydrogen) atoms. The van der Waals surface area contributed by atoms with E-state index in [-0.39, 0.29) is 0 Å². The van der Waals surface area contributed by atoms with Crippen molar-refractivity contribution in [3.05, 3.63) is 30.3 Å². The van der Waals surface area contributed by atoms with Gasteiger partial charge in [0.2, 0.25) is 0 Å². The molecule has 4 nitrogen and oxygen atoms in total. The highest BCUT2D eigenvalue weighted by Crippen LogP contribution is 2.40. The molecule has 0 aromatic heterocycles. The summed E-state index contributed by atoms with van der Waals surface area (Å²) in [5.41, 5.74) is 7.06. The van der Waals surface area contributed by atoms with E-state index in [1.807, 2.05) is 35.0 Å². The average Bonchev–Trinajstić information content (AvgIpc) is 2.49. The molecule has 1 aromatic carbocycles. The van der Waals surface area contributed by atoms with Gasteiger partial charge in [0.15, 0.2) is 0 Å². The molecule has 120 valence electrons. The number of para-hydroxylation sites is 1. The topological polar surface area (TPSA) is 58.4 Å². The molecule has 1 atom stereocenters. The third-order valence-corrected chi connectivity index (χ3v) is 5.33. The highest BCUT2D eigenvalue weighted by atomic mass is 31.2. The van der Waals surface area contributed by atoms with Crippen molar-refractivity contribution in [3.8, 4) is 0 Å². The van der Waals surface area contributed by atoms with Crippen LogP contribution in [-0.4, -0.2) is 13.1 Å². The first-order chi connectivity index (χ1) is 10.1. The van der Waals surface area contributed by atoms with Crippen molar-refractivity contribution >= 4 is 13.3 Å². The lowest BCUT2D eigenvalue weighted by atomic mass is 10.2. The van der Waals surface area contributed by atoms with E-state index in [9.17, 15) is 4.57 Å². The van der Waals surface area contributed by atoms with Crippen molar-refractivity contribution in [3.63, 3.8) is 0 Å². The maximum absolute atomic E-state index is 12.9. The molecular weight excluding hydrogens is 281 g/mol. The van der Waals surface area contributed by atoms with E-state index in [4.69, 9.17) is 5.50 Å². The van der Waals surface area contributed by atoms with Crippen LogP contribution in [0.1, 0.15) is 52.4 Å². The van der Waals surface area contributed by atoms with E-state index >= 15 is 0 Å². The molecule has 0 amide bonds. The quantitative estimate of drug-likeness (QED) is 0.465. The zero-order chi connectivity index (χ0) is 15.6. The average molecular weight is 311 g/mol. The van der Waals surface area contributed by atoms with Crippen LogP contribution < -0.4 is 15.3 Å². The minimum atomic E-state index is -3.02. The Morgan fingerprint density at radius 1 is 1.05 bits per heavy atom. The number of benzene rings is 1. The highest BCUT2D eigenvalue weighted by Gasteiger charge is 2.25. The Balaban J connectivity index is 2.72. The first-order valence-electron chi connectivity index (χ1n) is 8.08. The third kappa shape index (κ3) is 6.64. The van der Waals surface area contributed by atoms with Crippen LogP contribution in [-0.2, 0) is 4.57 Å². The number of nitrogens with two attached hydrogens (primary N) is 1. The van der Waals surface area contributed by atoms with E-state index in [0.29, 0.717) is 6.54 Å². The van der Waals surface area contributed by atoms with Gasteiger partial charge in [-0.15, -0.1) is 0 Å². The molecule has 0 saturated carbocycles. The maximum atomic E-state index is 12.9. The van der Waals surface area contributed by atoms with Gasteiger partial charge in [-0.2, -0.15) is 0 Å². The molecule has 0 aliphatic carbocycles. The number of nitrogens with one attached hydrogen (secondary N) is 1. The van der Waals surface area contributed by atoms with Gasteiger partial charge >= 0.3 is 7.59 Å². The van der Waals surface area contributed by atoms with Crippen LogP contribution in [0.4, 0.5) is 5.69 Å². The van der Waals surface area contributed by atoms with Crippen LogP contribution in [0.15, 0.2) is 30.3 Å². The van der Waals surface area contributed by atoms with Crippen molar-refractivity contribution in [2.45, 2.75) is 52.4 Å². The van der Waals surface area contributed by atoms with Gasteiger partial charge in [-0.25, -0.2) is 5.09 Å². The first-order valence-corrected chi connectivity index (χ1v) is 9.81. The predicted octanol–water partition coefficient (Wildman–Crippen LogP) is 4.53. The molecular formula is C16H30N3OP. The van der Waals surface area contributed by atoms with E-state index in [2.05, 4.69) is 18.9 Å². The lowest BCUT2D eigenvalue weighted by molar-refractivity contribution is 0.555. The summed E-state index contributed by atoms with van der Waals surface area (Å²) in [6, 6.07) is 9.82. The predicted molar refractivity (Wildman–Crippen MR) is 92.6 cm³/mol. The zero-order valence-corrected chi connectivity index (χ0v) is 14.3. The Labute approximate surface area is 129 Å². The third-order valence-electron chi connectivity index (χ3n) is 3.51. The minimum absolute atomic E-state index is 0.707. The van der Waals surface area contributed by atoms with Gasteiger partial charge in [-0.05, 0) is 25.0 Å². The van der Waals surface area contributed by atoms with Gasteiger partial charge in [0.05, 0.1) is 0 Å². The van der Waals surface area contributed by atoms with Gasteiger partial charge in [-0.1, -0.05) is 57.7 Å². The SMILES string of the molecule is CCCCCNP(N)(=O)N(CCCCC)c1ccccc1. The van der Waals surface area contributed by atoms with E-state index in [1.54, 1.807) is 0 Å². The molecule has 3 N–H and O–H groups in total. The molecule has 1 unspecified atom stereocenters. The molecule has 1 aromatic rings. The van der Waals surface area contributed by atoms with Gasteiger partial charge in [0.25, 0.3) is 0 Å². The zero-order valence-electron chi connectivity index (χ0n) is 13.4. The lowest BCUT2D eigenvalue weighted by Crippen LogP contribution is -2.33. The largest absolute Gasteiger partial charge is 0.303 e. The minimum Gasteiger partial charge on any atom is -0.300 e. The summed E-state index contributed by atoms with van der Waals surface area (Å²) < 4.78 is 14.7. The Bertz CT molecular complexity index is 425. The standard InChI is InChI=1S/C16H30N3OP/c1-3-5-10-14-18-21(17,20)19(15-11-6-4-2)16-12-8-7-9-13-16/h7-9,12-13H,3-6,10-11,14-15H2,1-2H3,(H3,17,18,20). The fraction of sp³-hybridized carbons (Fsp3) is 0.625. The monoisotopic (exact) mass is 311 g/mol. The fourth-order valence-corrected chi connectivity index (χ4v) is 3.82. The molecule has 0 aliphatic rings. The number of anilines is 1. The van der Waals surface area contributed by atoms with Crippen LogP contribution in [0.5, 0.6) is 0 Å². The second kappa shape index (κ2) is 9.99. The lowest BCUT2D eigenvalue weighted by Gasteiger charge is -2.31. The molecule has 0 bridgehead atoms. The number of rotatable bonds is 11. The molecule has 0 saturated heterocycles. The summed E-state index contributed by atoms with van der Waals surface area (Å²) in [4.78, 5) is 0. The summed E-state index contributed by atoms with van der Waals surface area (Å²) in [5, 5.41) is 3.08. The van der Waals surface area contributed by atoms with Crippen molar-refractivity contribution < 1.29 is 4.57 Å². The van der Waals surface area contributed by atoms with E-state index < -0.39 is 7.59 Å². The number of nitrogens with zero attached hydrogens (tertiary/aromatic N) is 1. The fourth-order valence-electron chi connectivity index (χ4n) is 2.26. The maximum Gasteiger partial charge on any atom is 0.303 e. The Kier molecular flexibility index (Phi) is 8.67. The summed E-state index contributed by atoms with van der Waals surface area (Å²) in [6.07, 6.45) is 6.56. The number of hydrogen-bond donors (Lipinski definition) is 2. The van der Waals surface area contributed by atoms with Crippen molar-refractivity contribution in [1.82, 2.24) is 5.09 Å². The van der Waals surface area contributed by atoms with Crippen LogP contribution in [0, 0.1) is 0 Å². The molecule has 1 rings (SSSR count). The Morgan fingerprint density at radius 3 is 2.29 bits per heavy atom. The van der Waals surface area contributed by atoms with Gasteiger partial charge in [0.1, 0.15) is 0 Å². The van der Waals surface area contributed by atoms with Gasteiger partial charge in [-0.3, -0.25) is 14.7 Å². The van der Waals surface area contributed by atoms with Crippen LogP contribution in [0.3, 0.4) is 0 Å². The van der Waals surface area contributed by atoms with Crippen LogP contribution in [0.25, 0.3) is 0 Å². The molecule has 0 radical (unpaired) electrons.